The van der Waals surface area contributed by atoms with Gasteiger partial charge in [0.1, 0.15) is 0 Å². The summed E-state index contributed by atoms with van der Waals surface area (Å²) in [6.45, 7) is 3.62. The van der Waals surface area contributed by atoms with Crippen molar-refractivity contribution >= 4 is 12.0 Å². The number of aliphatic carboxylic acids is 1. The van der Waals surface area contributed by atoms with E-state index in [1.807, 2.05) is 14.0 Å². The predicted molar refractivity (Wildman–Crippen MR) is 67.2 cm³/mol. The minimum absolute atomic E-state index is 0.0162. The van der Waals surface area contributed by atoms with Crippen LogP contribution in [-0.4, -0.2) is 53.6 Å². The molecule has 1 saturated heterocycles. The fourth-order valence-corrected chi connectivity index (χ4v) is 2.83. The highest BCUT2D eigenvalue weighted by Crippen LogP contribution is 2.28. The fourth-order valence-electron chi connectivity index (χ4n) is 2.83. The van der Waals surface area contributed by atoms with Crippen LogP contribution in [0, 0.1) is 17.8 Å². The Morgan fingerprint density at radius 2 is 2.00 bits per heavy atom. The van der Waals surface area contributed by atoms with Crippen LogP contribution in [0.1, 0.15) is 26.2 Å². The number of carboxylic acid groups (broad SMARTS) is 1. The number of hydrogen-bond acceptors (Lipinski definition) is 2. The van der Waals surface area contributed by atoms with Gasteiger partial charge in [-0.05, 0) is 24.7 Å². The lowest BCUT2D eigenvalue weighted by molar-refractivity contribution is -0.142. The number of nitrogens with zero attached hydrogens (tertiary/aromatic N) is 2. The molecule has 18 heavy (non-hydrogen) atoms. The van der Waals surface area contributed by atoms with E-state index in [9.17, 15) is 9.59 Å². The zero-order valence-corrected chi connectivity index (χ0v) is 11.1. The van der Waals surface area contributed by atoms with Crippen molar-refractivity contribution in [2.75, 3.05) is 26.7 Å². The maximum absolute atomic E-state index is 12.2. The second-order valence-corrected chi connectivity index (χ2v) is 5.79. The van der Waals surface area contributed by atoms with Gasteiger partial charge in [0.25, 0.3) is 0 Å². The molecule has 0 bridgehead atoms. The summed E-state index contributed by atoms with van der Waals surface area (Å²) in [5.74, 6) is -0.511. The average Bonchev–Trinajstić information content (AvgIpc) is 2.64. The highest BCUT2D eigenvalue weighted by molar-refractivity contribution is 5.77. The third kappa shape index (κ3) is 2.60. The van der Waals surface area contributed by atoms with Crippen molar-refractivity contribution in [1.29, 1.82) is 0 Å². The molecule has 2 rings (SSSR count). The molecule has 0 radical (unpaired) electrons. The van der Waals surface area contributed by atoms with Crippen LogP contribution in [0.5, 0.6) is 0 Å². The number of amides is 2. The van der Waals surface area contributed by atoms with Crippen LogP contribution in [0.3, 0.4) is 0 Å². The molecule has 0 aromatic heterocycles. The van der Waals surface area contributed by atoms with Crippen molar-refractivity contribution in [2.45, 2.75) is 26.2 Å². The van der Waals surface area contributed by atoms with E-state index in [1.54, 1.807) is 9.80 Å². The molecule has 1 heterocycles. The van der Waals surface area contributed by atoms with Crippen LogP contribution in [0.25, 0.3) is 0 Å². The number of hydrogen-bond donors (Lipinski definition) is 1. The molecule has 2 unspecified atom stereocenters. The van der Waals surface area contributed by atoms with Gasteiger partial charge in [0.05, 0.1) is 5.92 Å². The number of carbonyl (C=O) groups excluding carboxylic acids is 1. The van der Waals surface area contributed by atoms with Crippen molar-refractivity contribution in [1.82, 2.24) is 9.80 Å². The Morgan fingerprint density at radius 3 is 2.44 bits per heavy atom. The van der Waals surface area contributed by atoms with Crippen molar-refractivity contribution < 1.29 is 14.7 Å². The zero-order valence-electron chi connectivity index (χ0n) is 11.1. The molecule has 1 aliphatic carbocycles. The van der Waals surface area contributed by atoms with Gasteiger partial charge in [0.2, 0.25) is 0 Å². The van der Waals surface area contributed by atoms with Crippen molar-refractivity contribution in [3.63, 3.8) is 0 Å². The molecule has 5 nitrogen and oxygen atoms in total. The molecule has 0 spiro atoms. The van der Waals surface area contributed by atoms with Crippen molar-refractivity contribution in [3.05, 3.63) is 0 Å². The minimum atomic E-state index is -0.792. The largest absolute Gasteiger partial charge is 0.481 e. The van der Waals surface area contributed by atoms with Crippen molar-refractivity contribution in [3.8, 4) is 0 Å². The third-order valence-corrected chi connectivity index (χ3v) is 4.28. The van der Waals surface area contributed by atoms with E-state index < -0.39 is 11.9 Å². The summed E-state index contributed by atoms with van der Waals surface area (Å²) in [4.78, 5) is 26.7. The molecule has 2 fully saturated rings. The Labute approximate surface area is 108 Å². The van der Waals surface area contributed by atoms with E-state index in [1.165, 1.54) is 19.3 Å². The van der Waals surface area contributed by atoms with Gasteiger partial charge in [-0.25, -0.2) is 4.79 Å². The molecular formula is C13H22N2O3. The Balaban J connectivity index is 1.87. The monoisotopic (exact) mass is 254 g/mol. The van der Waals surface area contributed by atoms with E-state index in [0.29, 0.717) is 19.0 Å². The summed E-state index contributed by atoms with van der Waals surface area (Å²) in [6, 6.07) is -0.0162. The molecule has 2 amide bonds. The summed E-state index contributed by atoms with van der Waals surface area (Å²) in [5, 5.41) is 9.06. The molecule has 1 saturated carbocycles. The van der Waals surface area contributed by atoms with Gasteiger partial charge < -0.3 is 14.9 Å². The number of carboxylic acids is 1. The summed E-state index contributed by atoms with van der Waals surface area (Å²) in [5.41, 5.74) is 0. The molecule has 1 aliphatic heterocycles. The van der Waals surface area contributed by atoms with E-state index in [0.717, 1.165) is 6.54 Å². The van der Waals surface area contributed by atoms with E-state index in [4.69, 9.17) is 5.11 Å². The number of urea groups is 1. The summed E-state index contributed by atoms with van der Waals surface area (Å²) in [7, 11) is 1.82. The number of rotatable bonds is 3. The lowest BCUT2D eigenvalue weighted by Gasteiger charge is -2.32. The van der Waals surface area contributed by atoms with Crippen LogP contribution in [0.2, 0.25) is 0 Å². The molecule has 5 heteroatoms. The second kappa shape index (κ2) is 5.16. The average molecular weight is 254 g/mol. The fraction of sp³-hybridized carbons (Fsp3) is 0.846. The Morgan fingerprint density at radius 1 is 1.33 bits per heavy atom. The smallest absolute Gasteiger partial charge is 0.319 e. The molecule has 1 N–H and O–H groups in total. The molecule has 0 aromatic carbocycles. The Kier molecular flexibility index (Phi) is 3.78. The molecule has 2 atom stereocenters. The van der Waals surface area contributed by atoms with Gasteiger partial charge in [-0.3, -0.25) is 4.79 Å². The van der Waals surface area contributed by atoms with E-state index in [-0.39, 0.29) is 11.9 Å². The number of carbonyl (C=O) groups is 2. The molecule has 0 aromatic rings. The first-order chi connectivity index (χ1) is 8.49. The van der Waals surface area contributed by atoms with Crippen LogP contribution in [0.4, 0.5) is 4.79 Å². The highest BCUT2D eigenvalue weighted by Gasteiger charge is 2.38. The van der Waals surface area contributed by atoms with Gasteiger partial charge >= 0.3 is 12.0 Å². The first-order valence-electron chi connectivity index (χ1n) is 6.72. The van der Waals surface area contributed by atoms with Crippen molar-refractivity contribution in [2.24, 2.45) is 17.8 Å². The van der Waals surface area contributed by atoms with Gasteiger partial charge in [0.15, 0.2) is 0 Å². The van der Waals surface area contributed by atoms with Gasteiger partial charge in [-0.1, -0.05) is 13.3 Å². The number of likely N-dealkylation sites (tertiary alicyclic amines) is 1. The van der Waals surface area contributed by atoms with Gasteiger partial charge in [-0.15, -0.1) is 0 Å². The standard InChI is InChI=1S/C13H22N2O3/c1-9-6-15(8-11(9)12(16)17)13(18)14(2)7-10-4-3-5-10/h9-11H,3-8H2,1-2H3,(H,16,17). The maximum atomic E-state index is 12.2. The van der Waals surface area contributed by atoms with Crippen LogP contribution < -0.4 is 0 Å². The topological polar surface area (TPSA) is 60.9 Å². The molecule has 102 valence electrons. The van der Waals surface area contributed by atoms with Crippen LogP contribution >= 0.6 is 0 Å². The van der Waals surface area contributed by atoms with Crippen LogP contribution in [0.15, 0.2) is 0 Å². The molecule has 2 aliphatic rings. The van der Waals surface area contributed by atoms with E-state index >= 15 is 0 Å². The first kappa shape index (κ1) is 13.2. The predicted octanol–water partition coefficient (Wildman–Crippen LogP) is 1.49. The van der Waals surface area contributed by atoms with E-state index in [2.05, 4.69) is 0 Å². The lowest BCUT2D eigenvalue weighted by Crippen LogP contribution is -2.43. The summed E-state index contributed by atoms with van der Waals surface area (Å²) >= 11 is 0. The Hall–Kier alpha value is -1.26. The maximum Gasteiger partial charge on any atom is 0.319 e. The molecular weight excluding hydrogens is 232 g/mol. The zero-order chi connectivity index (χ0) is 13.3. The second-order valence-electron chi connectivity index (χ2n) is 5.79. The minimum Gasteiger partial charge on any atom is -0.481 e. The third-order valence-electron chi connectivity index (χ3n) is 4.28. The lowest BCUT2D eigenvalue weighted by atomic mass is 9.85. The summed E-state index contributed by atoms with van der Waals surface area (Å²) in [6.07, 6.45) is 3.70. The van der Waals surface area contributed by atoms with Gasteiger partial charge in [-0.2, -0.15) is 0 Å². The van der Waals surface area contributed by atoms with Gasteiger partial charge in [0, 0.05) is 26.7 Å². The summed E-state index contributed by atoms with van der Waals surface area (Å²) < 4.78 is 0. The quantitative estimate of drug-likeness (QED) is 0.830. The Bertz CT molecular complexity index is 341. The first-order valence-corrected chi connectivity index (χ1v) is 6.72. The van der Waals surface area contributed by atoms with Crippen LogP contribution in [-0.2, 0) is 4.79 Å². The SMILES string of the molecule is CC1CN(C(=O)N(C)CC2CCC2)CC1C(=O)O. The normalized spacial score (nSPS) is 28.0. The highest BCUT2D eigenvalue weighted by atomic mass is 16.4.